The number of carbonyl (C=O) groups is 1. The van der Waals surface area contributed by atoms with Crippen LogP contribution in [0.15, 0.2) is 0 Å². The van der Waals surface area contributed by atoms with Gasteiger partial charge in [-0.25, -0.2) is 4.79 Å². The van der Waals surface area contributed by atoms with Crippen LogP contribution in [0.25, 0.3) is 0 Å². The third-order valence-electron chi connectivity index (χ3n) is 4.09. The number of rotatable bonds is 3. The molecule has 0 N–H and O–H groups in total. The number of nitrogens with zero attached hydrogens (tertiary/aromatic N) is 1. The Hall–Kier alpha value is -1.33. The van der Waals surface area contributed by atoms with Gasteiger partial charge in [-0.3, -0.25) is 10.1 Å². The molecule has 0 radical (unpaired) electrons. The lowest BCUT2D eigenvalue weighted by atomic mass is 9.95. The second-order valence-electron chi connectivity index (χ2n) is 5.59. The lowest BCUT2D eigenvalue weighted by Crippen LogP contribution is -2.69. The van der Waals surface area contributed by atoms with Gasteiger partial charge in [-0.05, 0) is 0 Å². The van der Waals surface area contributed by atoms with Crippen LogP contribution in [-0.2, 0) is 33.2 Å². The molecule has 1 unspecified atom stereocenters. The molecule has 0 aliphatic carbocycles. The highest BCUT2D eigenvalue weighted by Gasteiger charge is 2.58. The van der Waals surface area contributed by atoms with Crippen molar-refractivity contribution in [1.82, 2.24) is 0 Å². The van der Waals surface area contributed by atoms with Crippen LogP contribution in [0.2, 0.25) is 0 Å². The van der Waals surface area contributed by atoms with Crippen LogP contribution in [0.3, 0.4) is 0 Å². The summed E-state index contributed by atoms with van der Waals surface area (Å²) in [6, 6.07) is -1.50. The molecule has 3 rings (SSSR count). The SMILES string of the molecule is CC(C(=O)O[C@H]1[C@@H]2OCCO[C@@H]2CO[C@]12COCCO2)[N+](=O)[O-]. The van der Waals surface area contributed by atoms with E-state index in [1.54, 1.807) is 0 Å². The molecule has 0 saturated carbocycles. The van der Waals surface area contributed by atoms with E-state index in [0.29, 0.717) is 19.8 Å². The Balaban J connectivity index is 1.82. The summed E-state index contributed by atoms with van der Waals surface area (Å²) in [6.07, 6.45) is -2.05. The van der Waals surface area contributed by atoms with E-state index in [9.17, 15) is 14.9 Å². The smallest absolute Gasteiger partial charge is 0.381 e. The van der Waals surface area contributed by atoms with E-state index in [1.165, 1.54) is 0 Å². The van der Waals surface area contributed by atoms with Crippen LogP contribution in [0.4, 0.5) is 0 Å². The Morgan fingerprint density at radius 2 is 2.04 bits per heavy atom. The van der Waals surface area contributed by atoms with Crippen molar-refractivity contribution in [3.05, 3.63) is 10.1 Å². The molecule has 3 fully saturated rings. The number of ether oxygens (including phenoxy) is 6. The van der Waals surface area contributed by atoms with Crippen molar-refractivity contribution >= 4 is 5.97 Å². The van der Waals surface area contributed by atoms with Crippen LogP contribution >= 0.6 is 0 Å². The number of hydrogen-bond donors (Lipinski definition) is 0. The summed E-state index contributed by atoms with van der Waals surface area (Å²) in [7, 11) is 0. The van der Waals surface area contributed by atoms with Crippen molar-refractivity contribution in [3.8, 4) is 0 Å². The van der Waals surface area contributed by atoms with Gasteiger partial charge in [0, 0.05) is 11.8 Å². The van der Waals surface area contributed by atoms with Crippen LogP contribution in [0, 0.1) is 10.1 Å². The molecule has 3 heterocycles. The standard InChI is InChI=1S/C13H19NO9/c1-8(14(16)17)12(15)23-11-10-9(19-3-4-20-10)6-22-13(11)7-18-2-5-21-13/h8-11H,2-7H2,1H3/t8?,9-,10-,11+,13-/m1/s1. The molecule has 10 nitrogen and oxygen atoms in total. The fourth-order valence-electron chi connectivity index (χ4n) is 2.81. The van der Waals surface area contributed by atoms with E-state index in [4.69, 9.17) is 28.4 Å². The Bertz CT molecular complexity index is 464. The van der Waals surface area contributed by atoms with Crippen molar-refractivity contribution < 1.29 is 38.1 Å². The lowest BCUT2D eigenvalue weighted by Gasteiger charge is -2.50. The van der Waals surface area contributed by atoms with Crippen molar-refractivity contribution in [2.45, 2.75) is 37.1 Å². The maximum absolute atomic E-state index is 12.0. The van der Waals surface area contributed by atoms with Crippen LogP contribution in [0.1, 0.15) is 6.92 Å². The van der Waals surface area contributed by atoms with E-state index in [2.05, 4.69) is 0 Å². The summed E-state index contributed by atoms with van der Waals surface area (Å²) >= 11 is 0. The molecule has 0 amide bonds. The predicted octanol–water partition coefficient (Wildman–Crippen LogP) is -0.879. The molecule has 5 atom stereocenters. The van der Waals surface area contributed by atoms with Gasteiger partial charge < -0.3 is 28.4 Å². The van der Waals surface area contributed by atoms with Gasteiger partial charge >= 0.3 is 12.0 Å². The molecule has 1 spiro atoms. The van der Waals surface area contributed by atoms with Gasteiger partial charge in [0.15, 0.2) is 6.10 Å². The Labute approximate surface area is 132 Å². The predicted molar refractivity (Wildman–Crippen MR) is 71.3 cm³/mol. The van der Waals surface area contributed by atoms with Crippen molar-refractivity contribution in [2.75, 3.05) is 39.6 Å². The van der Waals surface area contributed by atoms with Gasteiger partial charge in [0.05, 0.1) is 33.0 Å². The average molecular weight is 333 g/mol. The quantitative estimate of drug-likeness (QED) is 0.369. The Morgan fingerprint density at radius 3 is 2.74 bits per heavy atom. The third-order valence-corrected chi connectivity index (χ3v) is 4.09. The van der Waals surface area contributed by atoms with Gasteiger partial charge in [0.25, 0.3) is 0 Å². The molecule has 0 aromatic heterocycles. The fraction of sp³-hybridized carbons (Fsp3) is 0.923. The summed E-state index contributed by atoms with van der Waals surface area (Å²) in [5, 5.41) is 10.8. The third kappa shape index (κ3) is 3.17. The summed E-state index contributed by atoms with van der Waals surface area (Å²) in [5.41, 5.74) is 0. The number of hydrogen-bond acceptors (Lipinski definition) is 9. The van der Waals surface area contributed by atoms with E-state index < -0.39 is 41.0 Å². The zero-order chi connectivity index (χ0) is 16.4. The van der Waals surface area contributed by atoms with Crippen molar-refractivity contribution in [2.24, 2.45) is 0 Å². The molecule has 130 valence electrons. The summed E-state index contributed by atoms with van der Waals surface area (Å²) in [5.74, 6) is -2.31. The zero-order valence-corrected chi connectivity index (χ0v) is 12.7. The summed E-state index contributed by atoms with van der Waals surface area (Å²) in [4.78, 5) is 22.1. The molecular formula is C13H19NO9. The first-order valence-corrected chi connectivity index (χ1v) is 7.46. The first-order valence-electron chi connectivity index (χ1n) is 7.46. The molecular weight excluding hydrogens is 314 g/mol. The minimum Gasteiger partial charge on any atom is -0.449 e. The first-order chi connectivity index (χ1) is 11.0. The maximum Gasteiger partial charge on any atom is 0.381 e. The minimum atomic E-state index is -1.50. The molecule has 3 saturated heterocycles. The lowest BCUT2D eigenvalue weighted by molar-refractivity contribution is -0.507. The Morgan fingerprint density at radius 1 is 1.26 bits per heavy atom. The summed E-state index contributed by atoms with van der Waals surface area (Å²) < 4.78 is 33.4. The van der Waals surface area contributed by atoms with Gasteiger partial charge in [-0.1, -0.05) is 0 Å². The normalized spacial score (nSPS) is 38.6. The number of nitro groups is 1. The van der Waals surface area contributed by atoms with Crippen molar-refractivity contribution in [3.63, 3.8) is 0 Å². The highest BCUT2D eigenvalue weighted by atomic mass is 16.8. The molecule has 3 aliphatic rings. The van der Waals surface area contributed by atoms with Gasteiger partial charge in [0.1, 0.15) is 18.8 Å². The first kappa shape index (κ1) is 16.5. The van der Waals surface area contributed by atoms with E-state index in [1.807, 2.05) is 0 Å². The molecule has 0 aromatic rings. The zero-order valence-electron chi connectivity index (χ0n) is 12.7. The highest BCUT2D eigenvalue weighted by molar-refractivity contribution is 5.74. The van der Waals surface area contributed by atoms with E-state index >= 15 is 0 Å². The summed E-state index contributed by atoms with van der Waals surface area (Å²) in [6.45, 7) is 2.79. The molecule has 0 aromatic carbocycles. The second-order valence-corrected chi connectivity index (χ2v) is 5.59. The van der Waals surface area contributed by atoms with Crippen LogP contribution in [-0.4, -0.2) is 80.7 Å². The van der Waals surface area contributed by atoms with E-state index in [0.717, 1.165) is 6.92 Å². The van der Waals surface area contributed by atoms with Gasteiger partial charge in [-0.2, -0.15) is 0 Å². The molecule has 3 aliphatic heterocycles. The maximum atomic E-state index is 12.0. The minimum absolute atomic E-state index is 0.0460. The largest absolute Gasteiger partial charge is 0.449 e. The molecule has 0 bridgehead atoms. The monoisotopic (exact) mass is 333 g/mol. The number of fused-ring (bicyclic) bond motifs is 1. The highest BCUT2D eigenvalue weighted by Crippen LogP contribution is 2.36. The topological polar surface area (TPSA) is 116 Å². The molecule has 23 heavy (non-hydrogen) atoms. The second kappa shape index (κ2) is 6.65. The van der Waals surface area contributed by atoms with Gasteiger partial charge in [-0.15, -0.1) is 0 Å². The fourth-order valence-corrected chi connectivity index (χ4v) is 2.81. The Kier molecular flexibility index (Phi) is 4.78. The van der Waals surface area contributed by atoms with Crippen molar-refractivity contribution in [1.29, 1.82) is 0 Å². The van der Waals surface area contributed by atoms with E-state index in [-0.39, 0.29) is 19.8 Å². The average Bonchev–Trinajstić information content (AvgIpc) is 2.57. The molecule has 10 heteroatoms. The van der Waals surface area contributed by atoms with Crippen LogP contribution < -0.4 is 0 Å². The number of esters is 1. The van der Waals surface area contributed by atoms with Gasteiger partial charge in [0.2, 0.25) is 5.79 Å². The number of carbonyl (C=O) groups excluding carboxylic acids is 1. The van der Waals surface area contributed by atoms with Crippen LogP contribution in [0.5, 0.6) is 0 Å².